The summed E-state index contributed by atoms with van der Waals surface area (Å²) in [5.41, 5.74) is 0.318. The monoisotopic (exact) mass is 339 g/mol. The lowest BCUT2D eigenvalue weighted by molar-refractivity contribution is 0.0787. The molecule has 1 saturated heterocycles. The molecule has 2 aromatic heterocycles. The second-order valence-electron chi connectivity index (χ2n) is 5.15. The standard InChI is InChI=1S/C14H17N3O3S2/c18-14(17-5-1-2-6-17)13-8-12(10-15-13)22(19,20)16-9-11-4-3-7-21-11/h3-4,7-8,10,15-16H,1-2,5-6,9H2. The fourth-order valence-electron chi connectivity index (χ4n) is 2.41. The molecule has 1 amide bonds. The van der Waals surface area contributed by atoms with Gasteiger partial charge in [0.15, 0.2) is 0 Å². The summed E-state index contributed by atoms with van der Waals surface area (Å²) in [5, 5.41) is 1.90. The Kier molecular flexibility index (Phi) is 4.32. The summed E-state index contributed by atoms with van der Waals surface area (Å²) >= 11 is 1.49. The van der Waals surface area contributed by atoms with Crippen molar-refractivity contribution in [1.82, 2.24) is 14.6 Å². The Morgan fingerprint density at radius 3 is 2.82 bits per heavy atom. The number of rotatable bonds is 5. The van der Waals surface area contributed by atoms with Crippen LogP contribution in [0.1, 0.15) is 28.2 Å². The maximum absolute atomic E-state index is 12.2. The van der Waals surface area contributed by atoms with Gasteiger partial charge in [-0.25, -0.2) is 13.1 Å². The topological polar surface area (TPSA) is 82.3 Å². The molecule has 0 spiro atoms. The fraction of sp³-hybridized carbons (Fsp3) is 0.357. The zero-order valence-electron chi connectivity index (χ0n) is 11.9. The van der Waals surface area contributed by atoms with Gasteiger partial charge >= 0.3 is 0 Å². The highest BCUT2D eigenvalue weighted by atomic mass is 32.2. The molecule has 0 aliphatic carbocycles. The SMILES string of the molecule is O=C(c1cc(S(=O)(=O)NCc2cccs2)c[nH]1)N1CCCC1. The van der Waals surface area contributed by atoms with Gasteiger partial charge in [-0.05, 0) is 30.4 Å². The molecule has 0 bridgehead atoms. The van der Waals surface area contributed by atoms with Crippen molar-refractivity contribution in [1.29, 1.82) is 0 Å². The van der Waals surface area contributed by atoms with Gasteiger partial charge in [0.1, 0.15) is 10.6 Å². The van der Waals surface area contributed by atoms with Crippen molar-refractivity contribution < 1.29 is 13.2 Å². The van der Waals surface area contributed by atoms with E-state index in [1.54, 1.807) is 4.90 Å². The number of nitrogens with one attached hydrogen (secondary N) is 2. The first-order valence-electron chi connectivity index (χ1n) is 7.06. The molecule has 3 rings (SSSR count). The molecule has 118 valence electrons. The Bertz CT molecular complexity index is 744. The quantitative estimate of drug-likeness (QED) is 0.871. The van der Waals surface area contributed by atoms with Gasteiger partial charge in [0.05, 0.1) is 0 Å². The van der Waals surface area contributed by atoms with Crippen molar-refractivity contribution in [2.24, 2.45) is 0 Å². The number of H-pyrrole nitrogens is 1. The summed E-state index contributed by atoms with van der Waals surface area (Å²) in [6.45, 7) is 1.72. The van der Waals surface area contributed by atoms with Gasteiger partial charge in [0.2, 0.25) is 10.0 Å². The number of hydrogen-bond donors (Lipinski definition) is 2. The predicted octanol–water partition coefficient (Wildman–Crippen LogP) is 1.79. The third-order valence-corrected chi connectivity index (χ3v) is 5.86. The molecule has 0 aromatic carbocycles. The molecule has 3 heterocycles. The van der Waals surface area contributed by atoms with E-state index in [4.69, 9.17) is 0 Å². The van der Waals surface area contributed by atoms with Gasteiger partial charge in [-0.2, -0.15) is 0 Å². The highest BCUT2D eigenvalue weighted by Crippen LogP contribution is 2.16. The Labute approximate surface area is 133 Å². The number of carbonyl (C=O) groups is 1. The molecule has 0 saturated carbocycles. The summed E-state index contributed by atoms with van der Waals surface area (Å²) in [4.78, 5) is 17.8. The summed E-state index contributed by atoms with van der Waals surface area (Å²) in [6, 6.07) is 5.14. The number of hydrogen-bond acceptors (Lipinski definition) is 4. The molecule has 1 aliphatic heterocycles. The van der Waals surface area contributed by atoms with E-state index in [0.29, 0.717) is 5.69 Å². The van der Waals surface area contributed by atoms with E-state index in [1.807, 2.05) is 17.5 Å². The zero-order chi connectivity index (χ0) is 15.6. The molecule has 22 heavy (non-hydrogen) atoms. The average molecular weight is 339 g/mol. The normalized spacial score (nSPS) is 15.4. The first-order chi connectivity index (χ1) is 10.6. The van der Waals surface area contributed by atoms with E-state index in [1.165, 1.54) is 23.6 Å². The van der Waals surface area contributed by atoms with E-state index in [9.17, 15) is 13.2 Å². The Morgan fingerprint density at radius 2 is 2.14 bits per heavy atom. The van der Waals surface area contributed by atoms with Crippen LogP contribution in [0.3, 0.4) is 0 Å². The van der Waals surface area contributed by atoms with Crippen molar-refractivity contribution >= 4 is 27.3 Å². The Balaban J connectivity index is 1.70. The predicted molar refractivity (Wildman–Crippen MR) is 84.3 cm³/mol. The summed E-state index contributed by atoms with van der Waals surface area (Å²) < 4.78 is 27.0. The molecular weight excluding hydrogens is 322 g/mol. The van der Waals surface area contributed by atoms with Gasteiger partial charge < -0.3 is 9.88 Å². The molecule has 0 radical (unpaired) electrons. The second-order valence-corrected chi connectivity index (χ2v) is 7.95. The molecule has 8 heteroatoms. The number of nitrogens with zero attached hydrogens (tertiary/aromatic N) is 1. The summed E-state index contributed by atoms with van der Waals surface area (Å²) in [5.74, 6) is -0.141. The summed E-state index contributed by atoms with van der Waals surface area (Å²) in [6.07, 6.45) is 3.36. The molecule has 6 nitrogen and oxygen atoms in total. The van der Waals surface area contributed by atoms with Crippen LogP contribution in [-0.2, 0) is 16.6 Å². The van der Waals surface area contributed by atoms with Gasteiger partial charge in [-0.15, -0.1) is 11.3 Å². The van der Waals surface area contributed by atoms with Crippen LogP contribution in [-0.4, -0.2) is 37.3 Å². The smallest absolute Gasteiger partial charge is 0.270 e. The van der Waals surface area contributed by atoms with E-state index >= 15 is 0 Å². The maximum Gasteiger partial charge on any atom is 0.270 e. The highest BCUT2D eigenvalue weighted by molar-refractivity contribution is 7.89. The lowest BCUT2D eigenvalue weighted by atomic mass is 10.4. The number of carbonyl (C=O) groups excluding carboxylic acids is 1. The largest absolute Gasteiger partial charge is 0.356 e. The van der Waals surface area contributed by atoms with Gasteiger partial charge in [-0.3, -0.25) is 4.79 Å². The Hall–Kier alpha value is -1.64. The second kappa shape index (κ2) is 6.23. The number of aromatic amines is 1. The minimum absolute atomic E-state index is 0.0894. The van der Waals surface area contributed by atoms with Gasteiger partial charge in [0.25, 0.3) is 5.91 Å². The summed E-state index contributed by atoms with van der Waals surface area (Å²) in [7, 11) is -3.62. The van der Waals surface area contributed by atoms with Crippen molar-refractivity contribution in [3.05, 3.63) is 40.3 Å². The van der Waals surface area contributed by atoms with Crippen LogP contribution in [0.2, 0.25) is 0 Å². The van der Waals surface area contributed by atoms with Crippen LogP contribution in [0, 0.1) is 0 Å². The van der Waals surface area contributed by atoms with Crippen LogP contribution in [0.25, 0.3) is 0 Å². The van der Waals surface area contributed by atoms with Crippen molar-refractivity contribution in [3.8, 4) is 0 Å². The molecule has 1 aliphatic rings. The molecule has 2 N–H and O–H groups in total. The number of sulfonamides is 1. The fourth-order valence-corrected chi connectivity index (χ4v) is 4.14. The Morgan fingerprint density at radius 1 is 1.36 bits per heavy atom. The number of amides is 1. The van der Waals surface area contributed by atoms with Gasteiger partial charge in [0, 0.05) is 30.7 Å². The number of likely N-dealkylation sites (tertiary alicyclic amines) is 1. The van der Waals surface area contributed by atoms with Crippen molar-refractivity contribution in [2.75, 3.05) is 13.1 Å². The maximum atomic E-state index is 12.2. The van der Waals surface area contributed by atoms with Crippen LogP contribution in [0.5, 0.6) is 0 Å². The first kappa shape index (κ1) is 15.3. The zero-order valence-corrected chi connectivity index (χ0v) is 13.5. The van der Waals surface area contributed by atoms with Crippen molar-refractivity contribution in [3.63, 3.8) is 0 Å². The third-order valence-electron chi connectivity index (χ3n) is 3.61. The third kappa shape index (κ3) is 3.23. The van der Waals surface area contributed by atoms with E-state index < -0.39 is 10.0 Å². The van der Waals surface area contributed by atoms with Gasteiger partial charge in [-0.1, -0.05) is 6.07 Å². The van der Waals surface area contributed by atoms with E-state index in [-0.39, 0.29) is 17.3 Å². The first-order valence-corrected chi connectivity index (χ1v) is 9.42. The number of thiophene rings is 1. The van der Waals surface area contributed by atoms with E-state index in [0.717, 1.165) is 30.8 Å². The molecular formula is C14H17N3O3S2. The van der Waals surface area contributed by atoms with Crippen LogP contribution in [0.4, 0.5) is 0 Å². The van der Waals surface area contributed by atoms with E-state index in [2.05, 4.69) is 9.71 Å². The lowest BCUT2D eigenvalue weighted by Gasteiger charge is -2.13. The molecule has 0 unspecified atom stereocenters. The minimum Gasteiger partial charge on any atom is -0.356 e. The average Bonchev–Trinajstić information content (AvgIpc) is 3.26. The lowest BCUT2D eigenvalue weighted by Crippen LogP contribution is -2.27. The molecule has 1 fully saturated rings. The van der Waals surface area contributed by atoms with Crippen LogP contribution >= 0.6 is 11.3 Å². The molecule has 0 atom stereocenters. The molecule has 2 aromatic rings. The minimum atomic E-state index is -3.62. The van der Waals surface area contributed by atoms with Crippen molar-refractivity contribution in [2.45, 2.75) is 24.3 Å². The van der Waals surface area contributed by atoms with Crippen LogP contribution in [0.15, 0.2) is 34.7 Å². The van der Waals surface area contributed by atoms with Crippen LogP contribution < -0.4 is 4.72 Å². The number of aromatic nitrogens is 1. The highest BCUT2D eigenvalue weighted by Gasteiger charge is 2.23.